The molecule has 126 valence electrons. The van der Waals surface area contributed by atoms with Crippen molar-refractivity contribution in [2.75, 3.05) is 0 Å². The van der Waals surface area contributed by atoms with Crippen LogP contribution in [0.15, 0.2) is 53.1 Å². The number of carbonyl (C=O) groups is 1. The second-order valence-electron chi connectivity index (χ2n) is 4.88. The van der Waals surface area contributed by atoms with Gasteiger partial charge < -0.3 is 9.26 Å². The lowest BCUT2D eigenvalue weighted by Gasteiger charge is -2.02. The number of nitro groups is 1. The van der Waals surface area contributed by atoms with Crippen LogP contribution in [0, 0.1) is 10.1 Å². The molecule has 3 aromatic rings. The summed E-state index contributed by atoms with van der Waals surface area (Å²) in [4.78, 5) is 26.3. The largest absolute Gasteiger partial charge is 0.452 e. The molecule has 0 saturated heterocycles. The van der Waals surface area contributed by atoms with Crippen LogP contribution in [-0.4, -0.2) is 21.0 Å². The number of rotatable bonds is 5. The Morgan fingerprint density at radius 2 is 2.00 bits per heavy atom. The van der Waals surface area contributed by atoms with Crippen LogP contribution in [0.4, 0.5) is 5.69 Å². The van der Waals surface area contributed by atoms with E-state index < -0.39 is 10.9 Å². The molecule has 0 aliphatic rings. The van der Waals surface area contributed by atoms with Crippen LogP contribution in [0.5, 0.6) is 0 Å². The zero-order chi connectivity index (χ0) is 17.8. The second-order valence-corrected chi connectivity index (χ2v) is 5.28. The molecule has 0 amide bonds. The maximum absolute atomic E-state index is 12.0. The monoisotopic (exact) mass is 359 g/mol. The first-order valence-corrected chi connectivity index (χ1v) is 7.41. The molecule has 0 bridgehead atoms. The molecule has 1 aromatic heterocycles. The summed E-state index contributed by atoms with van der Waals surface area (Å²) in [7, 11) is 0. The van der Waals surface area contributed by atoms with E-state index in [1.54, 1.807) is 0 Å². The highest BCUT2D eigenvalue weighted by molar-refractivity contribution is 6.32. The number of hydrogen-bond donors (Lipinski definition) is 0. The number of nitro benzene ring substituents is 1. The number of aromatic nitrogens is 2. The van der Waals surface area contributed by atoms with Crippen molar-refractivity contribution >= 4 is 23.3 Å². The molecule has 0 N–H and O–H groups in total. The summed E-state index contributed by atoms with van der Waals surface area (Å²) < 4.78 is 10.1. The van der Waals surface area contributed by atoms with Gasteiger partial charge in [-0.05, 0) is 12.1 Å². The van der Waals surface area contributed by atoms with Crippen molar-refractivity contribution in [1.82, 2.24) is 10.1 Å². The standard InChI is InChI=1S/C16H10ClN3O5/c17-12-7-6-11(8-13(12)20(22)23)16(21)24-9-14-18-15(19-25-14)10-4-2-1-3-5-10/h1-8H,9H2. The molecule has 0 fully saturated rings. The Morgan fingerprint density at radius 3 is 2.72 bits per heavy atom. The molecule has 0 spiro atoms. The van der Waals surface area contributed by atoms with E-state index in [2.05, 4.69) is 10.1 Å². The molecule has 0 saturated carbocycles. The molecular weight excluding hydrogens is 350 g/mol. The van der Waals surface area contributed by atoms with Gasteiger partial charge in [-0.2, -0.15) is 4.98 Å². The van der Waals surface area contributed by atoms with Gasteiger partial charge in [-0.3, -0.25) is 10.1 Å². The molecule has 0 aliphatic heterocycles. The van der Waals surface area contributed by atoms with Gasteiger partial charge in [0.15, 0.2) is 6.61 Å². The zero-order valence-electron chi connectivity index (χ0n) is 12.6. The fourth-order valence-electron chi connectivity index (χ4n) is 2.01. The Kier molecular flexibility index (Phi) is 4.71. The van der Waals surface area contributed by atoms with Gasteiger partial charge in [0.05, 0.1) is 10.5 Å². The van der Waals surface area contributed by atoms with E-state index in [9.17, 15) is 14.9 Å². The normalized spacial score (nSPS) is 10.4. The minimum Gasteiger partial charge on any atom is -0.452 e. The Morgan fingerprint density at radius 1 is 1.24 bits per heavy atom. The van der Waals surface area contributed by atoms with Gasteiger partial charge in [0.25, 0.3) is 11.6 Å². The third-order valence-corrected chi connectivity index (χ3v) is 3.52. The number of ether oxygens (including phenoxy) is 1. The smallest absolute Gasteiger partial charge is 0.338 e. The zero-order valence-corrected chi connectivity index (χ0v) is 13.3. The van der Waals surface area contributed by atoms with Crippen LogP contribution in [0.2, 0.25) is 5.02 Å². The highest BCUT2D eigenvalue weighted by Gasteiger charge is 2.18. The van der Waals surface area contributed by atoms with Gasteiger partial charge in [-0.15, -0.1) is 0 Å². The summed E-state index contributed by atoms with van der Waals surface area (Å²) in [5, 5.41) is 14.6. The van der Waals surface area contributed by atoms with Gasteiger partial charge in [0.2, 0.25) is 5.82 Å². The van der Waals surface area contributed by atoms with Crippen molar-refractivity contribution in [1.29, 1.82) is 0 Å². The van der Waals surface area contributed by atoms with Gasteiger partial charge in [-0.1, -0.05) is 47.1 Å². The lowest BCUT2D eigenvalue weighted by molar-refractivity contribution is -0.384. The highest BCUT2D eigenvalue weighted by Crippen LogP contribution is 2.25. The molecule has 9 heteroatoms. The number of esters is 1. The van der Waals surface area contributed by atoms with Crippen LogP contribution in [0.1, 0.15) is 16.2 Å². The molecule has 25 heavy (non-hydrogen) atoms. The van der Waals surface area contributed by atoms with Crippen molar-refractivity contribution in [3.05, 3.63) is 75.1 Å². The fourth-order valence-corrected chi connectivity index (χ4v) is 2.19. The fraction of sp³-hybridized carbons (Fsp3) is 0.0625. The number of halogens is 1. The van der Waals surface area contributed by atoms with Gasteiger partial charge >= 0.3 is 5.97 Å². The van der Waals surface area contributed by atoms with E-state index in [0.29, 0.717) is 5.82 Å². The Bertz CT molecular complexity index is 927. The first-order valence-electron chi connectivity index (χ1n) is 7.03. The van der Waals surface area contributed by atoms with E-state index in [1.165, 1.54) is 12.1 Å². The van der Waals surface area contributed by atoms with Crippen LogP contribution < -0.4 is 0 Å². The number of benzene rings is 2. The summed E-state index contributed by atoms with van der Waals surface area (Å²) >= 11 is 5.70. The summed E-state index contributed by atoms with van der Waals surface area (Å²) in [6.45, 7) is -0.255. The number of hydrogen-bond acceptors (Lipinski definition) is 7. The van der Waals surface area contributed by atoms with Crippen molar-refractivity contribution in [3.8, 4) is 11.4 Å². The predicted octanol–water partition coefficient (Wildman–Crippen LogP) is 3.66. The molecule has 1 heterocycles. The van der Waals surface area contributed by atoms with E-state index in [4.69, 9.17) is 20.9 Å². The summed E-state index contributed by atoms with van der Waals surface area (Å²) in [6.07, 6.45) is 0. The molecule has 0 unspecified atom stereocenters. The summed E-state index contributed by atoms with van der Waals surface area (Å²) in [5.41, 5.74) is 0.385. The van der Waals surface area contributed by atoms with Crippen LogP contribution >= 0.6 is 11.6 Å². The lowest BCUT2D eigenvalue weighted by atomic mass is 10.2. The van der Waals surface area contributed by atoms with Gasteiger partial charge in [-0.25, -0.2) is 4.79 Å². The third kappa shape index (κ3) is 3.81. The number of nitrogens with zero attached hydrogens (tertiary/aromatic N) is 3. The Labute approximate surface area is 146 Å². The summed E-state index contributed by atoms with van der Waals surface area (Å²) in [6, 6.07) is 12.8. The van der Waals surface area contributed by atoms with Crippen LogP contribution in [0.25, 0.3) is 11.4 Å². The molecule has 0 atom stereocenters. The van der Waals surface area contributed by atoms with Crippen molar-refractivity contribution < 1.29 is 19.0 Å². The van der Waals surface area contributed by atoms with E-state index in [-0.39, 0.29) is 28.8 Å². The average Bonchev–Trinajstić information content (AvgIpc) is 3.09. The first-order chi connectivity index (χ1) is 12.0. The third-order valence-electron chi connectivity index (χ3n) is 3.21. The molecular formula is C16H10ClN3O5. The second kappa shape index (κ2) is 7.10. The molecule has 8 nitrogen and oxygen atoms in total. The van der Waals surface area contributed by atoms with Gasteiger partial charge in [0, 0.05) is 11.6 Å². The number of carbonyl (C=O) groups excluding carboxylic acids is 1. The predicted molar refractivity (Wildman–Crippen MR) is 87.0 cm³/mol. The maximum atomic E-state index is 12.0. The van der Waals surface area contributed by atoms with E-state index in [0.717, 1.165) is 11.6 Å². The van der Waals surface area contributed by atoms with Crippen LogP contribution in [0.3, 0.4) is 0 Å². The average molecular weight is 360 g/mol. The molecule has 3 rings (SSSR count). The Balaban J connectivity index is 1.68. The minimum atomic E-state index is -0.765. The molecule has 0 aliphatic carbocycles. The SMILES string of the molecule is O=C(OCc1nc(-c2ccccc2)no1)c1ccc(Cl)c([N+](=O)[O-])c1. The quantitative estimate of drug-likeness (QED) is 0.388. The highest BCUT2D eigenvalue weighted by atomic mass is 35.5. The Hall–Kier alpha value is -3.26. The van der Waals surface area contributed by atoms with Crippen LogP contribution in [-0.2, 0) is 11.3 Å². The van der Waals surface area contributed by atoms with Gasteiger partial charge in [0.1, 0.15) is 5.02 Å². The molecule has 0 radical (unpaired) electrons. The van der Waals surface area contributed by atoms with Crippen molar-refractivity contribution in [2.24, 2.45) is 0 Å². The maximum Gasteiger partial charge on any atom is 0.338 e. The topological polar surface area (TPSA) is 108 Å². The van der Waals surface area contributed by atoms with E-state index in [1.807, 2.05) is 30.3 Å². The van der Waals surface area contributed by atoms with E-state index >= 15 is 0 Å². The first kappa shape index (κ1) is 16.6. The lowest BCUT2D eigenvalue weighted by Crippen LogP contribution is -2.06. The molecule has 2 aromatic carbocycles. The summed E-state index contributed by atoms with van der Waals surface area (Å²) in [5.74, 6) is -0.288. The minimum absolute atomic E-state index is 0.00102. The van der Waals surface area contributed by atoms with Crippen molar-refractivity contribution in [2.45, 2.75) is 6.61 Å². The van der Waals surface area contributed by atoms with Crippen molar-refractivity contribution in [3.63, 3.8) is 0 Å².